The summed E-state index contributed by atoms with van der Waals surface area (Å²) in [6.07, 6.45) is 8.19. The topological polar surface area (TPSA) is 12.0 Å². The zero-order valence-corrected chi connectivity index (χ0v) is 10.2. The first-order chi connectivity index (χ1) is 8.26. The third kappa shape index (κ3) is 2.37. The van der Waals surface area contributed by atoms with Crippen molar-refractivity contribution in [2.24, 2.45) is 5.92 Å². The maximum atomic E-state index is 12.8. The number of nitrogens with one attached hydrogen (secondary N) is 1. The Kier molecular flexibility index (Phi) is 2.91. The Labute approximate surface area is 102 Å². The predicted octanol–water partition coefficient (Wildman–Crippen LogP) is 3.64. The molecule has 0 aliphatic heterocycles. The van der Waals surface area contributed by atoms with Gasteiger partial charge in [-0.2, -0.15) is 0 Å². The van der Waals surface area contributed by atoms with E-state index in [1.165, 1.54) is 44.1 Å². The van der Waals surface area contributed by atoms with Crippen LogP contribution in [0.1, 0.15) is 44.1 Å². The van der Waals surface area contributed by atoms with E-state index >= 15 is 0 Å². The molecule has 2 bridgehead atoms. The van der Waals surface area contributed by atoms with Crippen LogP contribution in [0, 0.1) is 11.7 Å². The smallest absolute Gasteiger partial charge is 0.123 e. The molecule has 0 amide bonds. The van der Waals surface area contributed by atoms with Crippen LogP contribution in [0.2, 0.25) is 0 Å². The first-order valence-corrected chi connectivity index (χ1v) is 6.75. The Morgan fingerprint density at radius 2 is 1.65 bits per heavy atom. The van der Waals surface area contributed by atoms with Gasteiger partial charge in [0.05, 0.1) is 0 Å². The van der Waals surface area contributed by atoms with E-state index in [9.17, 15) is 4.39 Å². The molecule has 0 radical (unpaired) electrons. The number of halogens is 1. The highest BCUT2D eigenvalue weighted by atomic mass is 19.1. The first-order valence-electron chi connectivity index (χ1n) is 6.75. The molecule has 1 N–H and O–H groups in total. The summed E-state index contributed by atoms with van der Waals surface area (Å²) in [4.78, 5) is 0. The zero-order chi connectivity index (χ0) is 11.7. The summed E-state index contributed by atoms with van der Waals surface area (Å²) in [5, 5.41) is 3.74. The lowest BCUT2D eigenvalue weighted by Gasteiger charge is -2.47. The molecule has 3 aliphatic rings. The maximum Gasteiger partial charge on any atom is 0.123 e. The number of hydrogen-bond donors (Lipinski definition) is 1. The van der Waals surface area contributed by atoms with Crippen molar-refractivity contribution in [3.8, 4) is 0 Å². The van der Waals surface area contributed by atoms with Gasteiger partial charge in [-0.1, -0.05) is 12.1 Å². The summed E-state index contributed by atoms with van der Waals surface area (Å²) < 4.78 is 12.8. The molecule has 92 valence electrons. The first kappa shape index (κ1) is 11.2. The predicted molar refractivity (Wildman–Crippen MR) is 67.2 cm³/mol. The number of rotatable bonds is 3. The van der Waals surface area contributed by atoms with E-state index in [4.69, 9.17) is 0 Å². The van der Waals surface area contributed by atoms with Gasteiger partial charge in [0, 0.05) is 12.1 Å². The fraction of sp³-hybridized carbons (Fsp3) is 0.600. The lowest BCUT2D eigenvalue weighted by molar-refractivity contribution is 0.104. The third-order valence-electron chi connectivity index (χ3n) is 4.67. The molecule has 1 aromatic carbocycles. The van der Waals surface area contributed by atoms with Gasteiger partial charge in [0.25, 0.3) is 0 Å². The van der Waals surface area contributed by atoms with Crippen molar-refractivity contribution in [2.75, 3.05) is 0 Å². The molecule has 4 rings (SSSR count). The van der Waals surface area contributed by atoms with E-state index < -0.39 is 0 Å². The maximum absolute atomic E-state index is 12.8. The SMILES string of the molecule is Fc1ccc(CNC23CCC(CC2)CC3)cc1. The second-order valence-electron chi connectivity index (χ2n) is 5.74. The summed E-state index contributed by atoms with van der Waals surface area (Å²) >= 11 is 0. The molecule has 0 atom stereocenters. The zero-order valence-electron chi connectivity index (χ0n) is 10.2. The lowest BCUT2D eigenvalue weighted by atomic mass is 9.66. The van der Waals surface area contributed by atoms with Crippen molar-refractivity contribution >= 4 is 0 Å². The van der Waals surface area contributed by atoms with Crippen LogP contribution in [0.3, 0.4) is 0 Å². The van der Waals surface area contributed by atoms with Gasteiger partial charge in [-0.25, -0.2) is 4.39 Å². The van der Waals surface area contributed by atoms with Crippen LogP contribution in [0.4, 0.5) is 4.39 Å². The van der Waals surface area contributed by atoms with E-state index in [-0.39, 0.29) is 5.82 Å². The Bertz CT molecular complexity index is 363. The van der Waals surface area contributed by atoms with Gasteiger partial charge < -0.3 is 5.32 Å². The number of benzene rings is 1. The molecule has 0 aromatic heterocycles. The minimum Gasteiger partial charge on any atom is -0.307 e. The summed E-state index contributed by atoms with van der Waals surface area (Å²) in [7, 11) is 0. The minimum absolute atomic E-state index is 0.148. The van der Waals surface area contributed by atoms with Crippen LogP contribution in [-0.4, -0.2) is 5.54 Å². The molecule has 3 fully saturated rings. The van der Waals surface area contributed by atoms with Crippen molar-refractivity contribution in [3.05, 3.63) is 35.6 Å². The van der Waals surface area contributed by atoms with Crippen molar-refractivity contribution in [2.45, 2.75) is 50.6 Å². The van der Waals surface area contributed by atoms with Crippen molar-refractivity contribution in [1.82, 2.24) is 5.32 Å². The highest BCUT2D eigenvalue weighted by molar-refractivity contribution is 5.16. The van der Waals surface area contributed by atoms with Crippen molar-refractivity contribution in [1.29, 1.82) is 0 Å². The van der Waals surface area contributed by atoms with Crippen LogP contribution in [0.5, 0.6) is 0 Å². The van der Waals surface area contributed by atoms with E-state index in [0.29, 0.717) is 5.54 Å². The Morgan fingerprint density at radius 1 is 1.06 bits per heavy atom. The average Bonchev–Trinajstić information content (AvgIpc) is 2.40. The molecule has 1 aromatic rings. The van der Waals surface area contributed by atoms with Crippen LogP contribution >= 0.6 is 0 Å². The standard InChI is InChI=1S/C15H20FN/c16-14-3-1-13(2-4-14)11-17-15-8-5-12(6-9-15)7-10-15/h1-4,12,17H,5-11H2. The van der Waals surface area contributed by atoms with Gasteiger partial charge in [0.15, 0.2) is 0 Å². The van der Waals surface area contributed by atoms with Crippen LogP contribution in [-0.2, 0) is 6.54 Å². The van der Waals surface area contributed by atoms with Gasteiger partial charge in [-0.3, -0.25) is 0 Å². The van der Waals surface area contributed by atoms with E-state index in [1.54, 1.807) is 12.1 Å². The van der Waals surface area contributed by atoms with E-state index in [0.717, 1.165) is 12.5 Å². The molecule has 2 heteroatoms. The quantitative estimate of drug-likeness (QED) is 0.840. The van der Waals surface area contributed by atoms with E-state index in [1.807, 2.05) is 12.1 Å². The van der Waals surface area contributed by atoms with Gasteiger partial charge >= 0.3 is 0 Å². The normalized spacial score (nSPS) is 31.7. The third-order valence-corrected chi connectivity index (χ3v) is 4.67. The van der Waals surface area contributed by atoms with Crippen LogP contribution in [0.15, 0.2) is 24.3 Å². The Morgan fingerprint density at radius 3 is 2.24 bits per heavy atom. The number of hydrogen-bond acceptors (Lipinski definition) is 1. The summed E-state index contributed by atoms with van der Waals surface area (Å²) in [6.45, 7) is 0.880. The second-order valence-corrected chi connectivity index (χ2v) is 5.74. The summed E-state index contributed by atoms with van der Waals surface area (Å²) in [5.74, 6) is 0.856. The van der Waals surface area contributed by atoms with Crippen LogP contribution < -0.4 is 5.32 Å². The Hall–Kier alpha value is -0.890. The molecule has 0 heterocycles. The summed E-state index contributed by atoms with van der Waals surface area (Å²) in [5.41, 5.74) is 1.58. The largest absolute Gasteiger partial charge is 0.307 e. The second kappa shape index (κ2) is 4.41. The Balaban J connectivity index is 1.61. The molecule has 3 aliphatic carbocycles. The van der Waals surface area contributed by atoms with Gasteiger partial charge in [-0.05, 0) is 62.1 Å². The average molecular weight is 233 g/mol. The molecule has 0 saturated heterocycles. The lowest BCUT2D eigenvalue weighted by Crippen LogP contribution is -2.51. The highest BCUT2D eigenvalue weighted by Gasteiger charge is 2.39. The molecule has 3 saturated carbocycles. The van der Waals surface area contributed by atoms with E-state index in [2.05, 4.69) is 5.32 Å². The van der Waals surface area contributed by atoms with Crippen molar-refractivity contribution in [3.63, 3.8) is 0 Å². The van der Waals surface area contributed by atoms with Gasteiger partial charge in [-0.15, -0.1) is 0 Å². The fourth-order valence-electron chi connectivity index (χ4n) is 3.41. The molecular formula is C15H20FN. The fourth-order valence-corrected chi connectivity index (χ4v) is 3.41. The minimum atomic E-state index is -0.148. The molecule has 0 unspecified atom stereocenters. The van der Waals surface area contributed by atoms with Gasteiger partial charge in [0.1, 0.15) is 5.82 Å². The number of fused-ring (bicyclic) bond motifs is 3. The van der Waals surface area contributed by atoms with Gasteiger partial charge in [0.2, 0.25) is 0 Å². The molecule has 0 spiro atoms. The molecule has 1 nitrogen and oxygen atoms in total. The molecule has 17 heavy (non-hydrogen) atoms. The highest BCUT2D eigenvalue weighted by Crippen LogP contribution is 2.44. The van der Waals surface area contributed by atoms with Crippen molar-refractivity contribution < 1.29 is 4.39 Å². The summed E-state index contributed by atoms with van der Waals surface area (Å²) in [6, 6.07) is 6.86. The molecular weight excluding hydrogens is 213 g/mol. The van der Waals surface area contributed by atoms with Crippen LogP contribution in [0.25, 0.3) is 0 Å². The monoisotopic (exact) mass is 233 g/mol.